The van der Waals surface area contributed by atoms with E-state index in [-0.39, 0.29) is 0 Å². The summed E-state index contributed by atoms with van der Waals surface area (Å²) < 4.78 is 6.09. The van der Waals surface area contributed by atoms with Crippen LogP contribution in [0.25, 0.3) is 0 Å². The zero-order chi connectivity index (χ0) is 12.8. The number of unbranched alkanes of at least 4 members (excludes halogenated alkanes) is 1. The molecular weight excluding hydrogens is 236 g/mol. The number of allylic oxidation sites excluding steroid dienone is 2. The minimum atomic E-state index is -1.54. The lowest BCUT2D eigenvalue weighted by Gasteiger charge is -2.36. The summed E-state index contributed by atoms with van der Waals surface area (Å²) in [6.07, 6.45) is 4.38. The van der Waals surface area contributed by atoms with Gasteiger partial charge in [0, 0.05) is 12.5 Å². The summed E-state index contributed by atoms with van der Waals surface area (Å²) in [6.45, 7) is 14.4. The zero-order valence-corrected chi connectivity index (χ0v) is 13.4. The molecule has 0 aliphatic carbocycles. The summed E-state index contributed by atoms with van der Waals surface area (Å²) in [7, 11) is -1.54. The Kier molecular flexibility index (Phi) is 6.91. The first kappa shape index (κ1) is 16.2. The van der Waals surface area contributed by atoms with Gasteiger partial charge in [0.25, 0.3) is 0 Å². The van der Waals surface area contributed by atoms with Crippen molar-refractivity contribution in [2.24, 2.45) is 0 Å². The van der Waals surface area contributed by atoms with Crippen LogP contribution in [0.1, 0.15) is 40.5 Å². The van der Waals surface area contributed by atoms with Crippen LogP contribution >= 0.6 is 11.6 Å². The van der Waals surface area contributed by atoms with E-state index in [1.165, 1.54) is 5.57 Å². The van der Waals surface area contributed by atoms with E-state index in [4.69, 9.17) is 16.0 Å². The topological polar surface area (TPSA) is 9.23 Å². The number of rotatable bonds is 6. The lowest BCUT2D eigenvalue weighted by molar-refractivity contribution is 0.283. The maximum Gasteiger partial charge on any atom is 0.191 e. The highest BCUT2D eigenvalue weighted by atomic mass is 35.5. The van der Waals surface area contributed by atoms with Gasteiger partial charge in [0.15, 0.2) is 8.32 Å². The highest BCUT2D eigenvalue weighted by molar-refractivity contribution is 6.74. The van der Waals surface area contributed by atoms with E-state index in [1.807, 2.05) is 0 Å². The molecule has 0 aliphatic heterocycles. The molecule has 0 aromatic carbocycles. The minimum absolute atomic E-state index is 0.314. The number of alkyl halides is 1. The normalized spacial score (nSPS) is 14.3. The van der Waals surface area contributed by atoms with Crippen molar-refractivity contribution < 1.29 is 4.43 Å². The van der Waals surface area contributed by atoms with Crippen LogP contribution in [0.4, 0.5) is 0 Å². The van der Waals surface area contributed by atoms with Gasteiger partial charge >= 0.3 is 0 Å². The van der Waals surface area contributed by atoms with E-state index in [9.17, 15) is 0 Å². The molecule has 0 heterocycles. The lowest BCUT2D eigenvalue weighted by Crippen LogP contribution is -2.40. The van der Waals surface area contributed by atoms with Crippen molar-refractivity contribution in [3.63, 3.8) is 0 Å². The van der Waals surface area contributed by atoms with E-state index in [2.05, 4.69) is 46.9 Å². The van der Waals surface area contributed by atoms with Crippen LogP contribution in [0.2, 0.25) is 18.1 Å². The Bertz CT molecular complexity index is 229. The van der Waals surface area contributed by atoms with E-state index < -0.39 is 8.32 Å². The van der Waals surface area contributed by atoms with E-state index in [0.717, 1.165) is 19.4 Å². The quantitative estimate of drug-likeness (QED) is 0.284. The number of halogens is 1. The second-order valence-electron chi connectivity index (χ2n) is 5.94. The van der Waals surface area contributed by atoms with Crippen LogP contribution in [0, 0.1) is 0 Å². The SMILES string of the molecule is C/C(=C\CCCO[Si](C)(C)C(C)(C)C)CCl. The molecule has 0 atom stereocenters. The molecule has 16 heavy (non-hydrogen) atoms. The molecule has 0 bridgehead atoms. The van der Waals surface area contributed by atoms with Crippen LogP contribution in [0.3, 0.4) is 0 Å². The fourth-order valence-electron chi connectivity index (χ4n) is 1.03. The monoisotopic (exact) mass is 262 g/mol. The fraction of sp³-hybridized carbons (Fsp3) is 0.846. The fourth-order valence-corrected chi connectivity index (χ4v) is 2.23. The molecule has 0 unspecified atom stereocenters. The van der Waals surface area contributed by atoms with Gasteiger partial charge in [-0.2, -0.15) is 0 Å². The average Bonchev–Trinajstić information content (AvgIpc) is 2.15. The van der Waals surface area contributed by atoms with E-state index in [1.54, 1.807) is 0 Å². The molecule has 0 spiro atoms. The van der Waals surface area contributed by atoms with Crippen molar-refractivity contribution in [2.45, 2.75) is 58.7 Å². The largest absolute Gasteiger partial charge is 0.417 e. The molecule has 0 saturated carbocycles. The highest BCUT2D eigenvalue weighted by Gasteiger charge is 2.36. The van der Waals surface area contributed by atoms with Crippen molar-refractivity contribution in [3.05, 3.63) is 11.6 Å². The third kappa shape index (κ3) is 6.07. The molecule has 0 aliphatic rings. The predicted octanol–water partition coefficient (Wildman–Crippen LogP) is 4.97. The first-order valence-electron chi connectivity index (χ1n) is 6.06. The van der Waals surface area contributed by atoms with Gasteiger partial charge in [-0.15, -0.1) is 11.6 Å². The Balaban J connectivity index is 3.83. The number of hydrogen-bond donors (Lipinski definition) is 0. The molecule has 0 amide bonds. The molecule has 0 aromatic heterocycles. The summed E-state index contributed by atoms with van der Waals surface area (Å²) in [5, 5.41) is 0.314. The minimum Gasteiger partial charge on any atom is -0.417 e. The van der Waals surface area contributed by atoms with Gasteiger partial charge in [-0.25, -0.2) is 0 Å². The summed E-state index contributed by atoms with van der Waals surface area (Å²) in [5.74, 6) is 0.642. The van der Waals surface area contributed by atoms with E-state index in [0.29, 0.717) is 10.9 Å². The maximum absolute atomic E-state index is 6.09. The van der Waals surface area contributed by atoms with Crippen LogP contribution in [0.15, 0.2) is 11.6 Å². The Labute approximate surface area is 107 Å². The van der Waals surface area contributed by atoms with Crippen molar-refractivity contribution in [3.8, 4) is 0 Å². The summed E-state index contributed by atoms with van der Waals surface area (Å²) in [6, 6.07) is 0. The molecule has 3 heteroatoms. The molecule has 0 fully saturated rings. The Morgan fingerprint density at radius 1 is 1.31 bits per heavy atom. The van der Waals surface area contributed by atoms with Gasteiger partial charge in [-0.3, -0.25) is 0 Å². The van der Waals surface area contributed by atoms with Crippen LogP contribution in [-0.4, -0.2) is 20.8 Å². The molecule has 1 nitrogen and oxygen atoms in total. The van der Waals surface area contributed by atoms with Crippen LogP contribution in [0.5, 0.6) is 0 Å². The van der Waals surface area contributed by atoms with Crippen molar-refractivity contribution in [2.75, 3.05) is 12.5 Å². The smallest absolute Gasteiger partial charge is 0.191 e. The molecule has 96 valence electrons. The molecule has 0 aromatic rings. The third-order valence-electron chi connectivity index (χ3n) is 3.32. The Morgan fingerprint density at radius 2 is 1.88 bits per heavy atom. The van der Waals surface area contributed by atoms with Gasteiger partial charge in [0.1, 0.15) is 0 Å². The van der Waals surface area contributed by atoms with Crippen molar-refractivity contribution >= 4 is 19.9 Å². The third-order valence-corrected chi connectivity index (χ3v) is 8.28. The summed E-state index contributed by atoms with van der Waals surface area (Å²) >= 11 is 5.70. The van der Waals surface area contributed by atoms with Gasteiger partial charge in [0.2, 0.25) is 0 Å². The second kappa shape index (κ2) is 6.82. The highest BCUT2D eigenvalue weighted by Crippen LogP contribution is 2.36. The molecule has 0 radical (unpaired) electrons. The van der Waals surface area contributed by atoms with Crippen LogP contribution < -0.4 is 0 Å². The molecular formula is C13H27ClOSi. The average molecular weight is 263 g/mol. The number of hydrogen-bond acceptors (Lipinski definition) is 1. The first-order chi connectivity index (χ1) is 7.20. The Hall–Kier alpha value is 0.207. The second-order valence-corrected chi connectivity index (χ2v) is 11.0. The summed E-state index contributed by atoms with van der Waals surface area (Å²) in [4.78, 5) is 0. The van der Waals surface area contributed by atoms with Gasteiger partial charge < -0.3 is 4.43 Å². The van der Waals surface area contributed by atoms with Crippen molar-refractivity contribution in [1.82, 2.24) is 0 Å². The first-order valence-corrected chi connectivity index (χ1v) is 9.50. The molecule has 0 saturated heterocycles. The zero-order valence-electron chi connectivity index (χ0n) is 11.7. The van der Waals surface area contributed by atoms with Gasteiger partial charge in [-0.1, -0.05) is 32.4 Å². The van der Waals surface area contributed by atoms with E-state index >= 15 is 0 Å². The van der Waals surface area contributed by atoms with Crippen LogP contribution in [-0.2, 0) is 4.43 Å². The predicted molar refractivity (Wildman–Crippen MR) is 76.9 cm³/mol. The Morgan fingerprint density at radius 3 is 2.31 bits per heavy atom. The van der Waals surface area contributed by atoms with Gasteiger partial charge in [-0.05, 0) is 37.9 Å². The van der Waals surface area contributed by atoms with Gasteiger partial charge in [0.05, 0.1) is 0 Å². The molecule has 0 rings (SSSR count). The summed E-state index contributed by atoms with van der Waals surface area (Å²) in [5.41, 5.74) is 1.26. The standard InChI is InChI=1S/C13H27ClOSi/c1-12(11-14)9-7-8-10-15-16(5,6)13(2,3)4/h9H,7-8,10-11H2,1-6H3/b12-9+. The van der Waals surface area contributed by atoms with Crippen molar-refractivity contribution in [1.29, 1.82) is 0 Å². The lowest BCUT2D eigenvalue weighted by atomic mass is 10.2. The molecule has 0 N–H and O–H groups in total. The maximum atomic E-state index is 6.09.